The van der Waals surface area contributed by atoms with Crippen molar-refractivity contribution >= 4 is 27.8 Å². The van der Waals surface area contributed by atoms with Crippen LogP contribution in [0.25, 0.3) is 0 Å². The van der Waals surface area contributed by atoms with Crippen LogP contribution in [0.4, 0.5) is 13.2 Å². The second-order valence-corrected chi connectivity index (χ2v) is 6.19. The number of piperazine rings is 1. The Kier molecular flexibility index (Phi) is 6.22. The van der Waals surface area contributed by atoms with Gasteiger partial charge in [-0.15, -0.1) is 0 Å². The lowest BCUT2D eigenvalue weighted by Crippen LogP contribution is -2.52. The van der Waals surface area contributed by atoms with Crippen molar-refractivity contribution in [1.82, 2.24) is 9.80 Å². The molecule has 0 spiro atoms. The number of rotatable bonds is 4. The van der Waals surface area contributed by atoms with Gasteiger partial charge in [-0.05, 0) is 18.2 Å². The number of nitrogens with zero attached hydrogens (tertiary/aromatic N) is 2. The number of hydrogen-bond acceptors (Lipinski definition) is 4. The molecule has 0 atom stereocenters. The second-order valence-electron chi connectivity index (χ2n) is 5.28. The van der Waals surface area contributed by atoms with Crippen molar-refractivity contribution in [3.8, 4) is 0 Å². The summed E-state index contributed by atoms with van der Waals surface area (Å²) >= 11 is 3.26. The predicted molar refractivity (Wildman–Crippen MR) is 83.5 cm³/mol. The number of ether oxygens (including phenoxy) is 1. The van der Waals surface area contributed by atoms with Crippen LogP contribution in [0.2, 0.25) is 0 Å². The lowest BCUT2D eigenvalue weighted by atomic mass is 10.2. The van der Waals surface area contributed by atoms with Crippen LogP contribution in [0, 0.1) is 0 Å². The molecule has 132 valence electrons. The van der Waals surface area contributed by atoms with E-state index in [0.29, 0.717) is 25.2 Å². The van der Waals surface area contributed by atoms with Crippen molar-refractivity contribution in [2.24, 2.45) is 0 Å². The molecule has 1 aromatic carbocycles. The van der Waals surface area contributed by atoms with E-state index in [9.17, 15) is 22.8 Å². The molecule has 0 bridgehead atoms. The molecule has 0 radical (unpaired) electrons. The molecule has 2 rings (SSSR count). The van der Waals surface area contributed by atoms with Gasteiger partial charge in [0, 0.05) is 37.2 Å². The average molecular weight is 409 g/mol. The van der Waals surface area contributed by atoms with Crippen molar-refractivity contribution < 1.29 is 27.5 Å². The Balaban J connectivity index is 1.71. The molecule has 1 aliphatic heterocycles. The van der Waals surface area contributed by atoms with Crippen LogP contribution in [0.5, 0.6) is 0 Å². The Hall–Kier alpha value is -1.61. The van der Waals surface area contributed by atoms with Gasteiger partial charge in [0.1, 0.15) is 6.61 Å². The minimum atomic E-state index is -4.83. The Morgan fingerprint density at radius 2 is 1.83 bits per heavy atom. The van der Waals surface area contributed by atoms with Gasteiger partial charge in [-0.25, -0.2) is 4.79 Å². The first-order valence-corrected chi connectivity index (χ1v) is 8.08. The lowest BCUT2D eigenvalue weighted by Gasteiger charge is -2.34. The maximum Gasteiger partial charge on any atom is 0.471 e. The molecule has 9 heteroatoms. The molecular weight excluding hydrogens is 393 g/mol. The lowest BCUT2D eigenvalue weighted by molar-refractivity contribution is -0.187. The van der Waals surface area contributed by atoms with E-state index in [1.165, 1.54) is 0 Å². The predicted octanol–water partition coefficient (Wildman–Crippen LogP) is 2.31. The normalized spacial score (nSPS) is 16.1. The Morgan fingerprint density at radius 1 is 1.17 bits per heavy atom. The van der Waals surface area contributed by atoms with E-state index in [-0.39, 0.29) is 19.7 Å². The summed E-state index contributed by atoms with van der Waals surface area (Å²) in [6.45, 7) is 1.20. The van der Waals surface area contributed by atoms with E-state index in [2.05, 4.69) is 15.9 Å². The van der Waals surface area contributed by atoms with Gasteiger partial charge in [-0.2, -0.15) is 13.2 Å². The standard InChI is InChI=1S/C15H16BrF3N2O3/c16-12-3-1-2-11(10-12)13(22)24-9-8-20-4-6-21(7-5-20)14(23)15(17,18)19/h1-3,10H,4-9H2. The average Bonchev–Trinajstić information content (AvgIpc) is 2.54. The molecule has 1 aromatic rings. The summed E-state index contributed by atoms with van der Waals surface area (Å²) in [6, 6.07) is 6.79. The van der Waals surface area contributed by atoms with Crippen molar-refractivity contribution in [3.05, 3.63) is 34.3 Å². The first kappa shape index (κ1) is 18.7. The fraction of sp³-hybridized carbons (Fsp3) is 0.467. The number of carbonyl (C=O) groups is 2. The van der Waals surface area contributed by atoms with Crippen molar-refractivity contribution in [1.29, 1.82) is 0 Å². The van der Waals surface area contributed by atoms with Gasteiger partial charge < -0.3 is 9.64 Å². The molecule has 1 heterocycles. The van der Waals surface area contributed by atoms with Gasteiger partial charge in [-0.1, -0.05) is 22.0 Å². The highest BCUT2D eigenvalue weighted by Crippen LogP contribution is 2.19. The summed E-state index contributed by atoms with van der Waals surface area (Å²) in [5.41, 5.74) is 0.421. The van der Waals surface area contributed by atoms with Gasteiger partial charge in [0.15, 0.2) is 0 Å². The molecule has 1 aliphatic rings. The Bertz CT molecular complexity index is 602. The third-order valence-corrected chi connectivity index (χ3v) is 4.10. The number of carbonyl (C=O) groups excluding carboxylic acids is 2. The number of halogens is 4. The maximum atomic E-state index is 12.3. The minimum absolute atomic E-state index is 0.0118. The zero-order valence-corrected chi connectivity index (χ0v) is 14.3. The van der Waals surface area contributed by atoms with E-state index in [1.807, 2.05) is 4.90 Å². The largest absolute Gasteiger partial charge is 0.471 e. The molecule has 24 heavy (non-hydrogen) atoms. The second kappa shape index (κ2) is 7.98. The Labute approximate surface area is 145 Å². The third-order valence-electron chi connectivity index (χ3n) is 3.60. The summed E-state index contributed by atoms with van der Waals surface area (Å²) in [6.07, 6.45) is -4.83. The number of benzene rings is 1. The monoisotopic (exact) mass is 408 g/mol. The fourth-order valence-electron chi connectivity index (χ4n) is 2.32. The van der Waals surface area contributed by atoms with Crippen LogP contribution in [-0.2, 0) is 9.53 Å². The summed E-state index contributed by atoms with van der Waals surface area (Å²) < 4.78 is 43.0. The van der Waals surface area contributed by atoms with E-state index in [4.69, 9.17) is 4.74 Å². The van der Waals surface area contributed by atoms with E-state index >= 15 is 0 Å². The molecule has 5 nitrogen and oxygen atoms in total. The van der Waals surface area contributed by atoms with Crippen LogP contribution >= 0.6 is 15.9 Å². The number of esters is 1. The number of alkyl halides is 3. The highest BCUT2D eigenvalue weighted by Gasteiger charge is 2.43. The molecule has 0 aliphatic carbocycles. The molecule has 1 amide bonds. The summed E-state index contributed by atoms with van der Waals surface area (Å²) in [7, 11) is 0. The van der Waals surface area contributed by atoms with E-state index < -0.39 is 18.1 Å². The van der Waals surface area contributed by atoms with Crippen LogP contribution in [0.1, 0.15) is 10.4 Å². The molecular formula is C15H16BrF3N2O3. The van der Waals surface area contributed by atoms with Crippen molar-refractivity contribution in [3.63, 3.8) is 0 Å². The molecule has 1 fully saturated rings. The van der Waals surface area contributed by atoms with Crippen molar-refractivity contribution in [2.75, 3.05) is 39.3 Å². The first-order valence-electron chi connectivity index (χ1n) is 7.28. The molecule has 0 aromatic heterocycles. The quantitative estimate of drug-likeness (QED) is 0.717. The van der Waals surface area contributed by atoms with Gasteiger partial charge in [-0.3, -0.25) is 9.69 Å². The topological polar surface area (TPSA) is 49.9 Å². The van der Waals surface area contributed by atoms with E-state index in [1.54, 1.807) is 24.3 Å². The Morgan fingerprint density at radius 3 is 2.42 bits per heavy atom. The van der Waals surface area contributed by atoms with Crippen LogP contribution < -0.4 is 0 Å². The fourth-order valence-corrected chi connectivity index (χ4v) is 2.72. The zero-order valence-electron chi connectivity index (χ0n) is 12.7. The highest BCUT2D eigenvalue weighted by atomic mass is 79.9. The van der Waals surface area contributed by atoms with Gasteiger partial charge in [0.25, 0.3) is 0 Å². The maximum absolute atomic E-state index is 12.3. The summed E-state index contributed by atoms with van der Waals surface area (Å²) in [5, 5.41) is 0. The van der Waals surface area contributed by atoms with Crippen LogP contribution in [-0.4, -0.2) is 67.2 Å². The minimum Gasteiger partial charge on any atom is -0.461 e. The van der Waals surface area contributed by atoms with Crippen LogP contribution in [0.15, 0.2) is 28.7 Å². The summed E-state index contributed by atoms with van der Waals surface area (Å²) in [5.74, 6) is -2.26. The third kappa shape index (κ3) is 5.20. The zero-order chi connectivity index (χ0) is 17.7. The smallest absolute Gasteiger partial charge is 0.461 e. The van der Waals surface area contributed by atoms with Crippen LogP contribution in [0.3, 0.4) is 0 Å². The van der Waals surface area contributed by atoms with Crippen molar-refractivity contribution in [2.45, 2.75) is 6.18 Å². The SMILES string of the molecule is O=C(OCCN1CCN(C(=O)C(F)(F)F)CC1)c1cccc(Br)c1. The van der Waals surface area contributed by atoms with E-state index in [0.717, 1.165) is 9.37 Å². The molecule has 0 unspecified atom stereocenters. The number of amides is 1. The molecule has 0 saturated carbocycles. The van der Waals surface area contributed by atoms with Gasteiger partial charge in [0.2, 0.25) is 0 Å². The number of hydrogen-bond donors (Lipinski definition) is 0. The van der Waals surface area contributed by atoms with Gasteiger partial charge in [0.05, 0.1) is 5.56 Å². The van der Waals surface area contributed by atoms with Gasteiger partial charge >= 0.3 is 18.1 Å². The highest BCUT2D eigenvalue weighted by molar-refractivity contribution is 9.10. The first-order chi connectivity index (χ1) is 11.3. The molecule has 1 saturated heterocycles. The summed E-state index contributed by atoms with van der Waals surface area (Å²) in [4.78, 5) is 25.6. The molecule has 0 N–H and O–H groups in total.